The van der Waals surface area contributed by atoms with Gasteiger partial charge in [-0.2, -0.15) is 0 Å². The zero-order valence-electron chi connectivity index (χ0n) is 11.8. The zero-order valence-corrected chi connectivity index (χ0v) is 13.4. The third-order valence-electron chi connectivity index (χ3n) is 3.69. The molecule has 1 N–H and O–H groups in total. The van der Waals surface area contributed by atoms with E-state index in [1.807, 2.05) is 24.3 Å². The van der Waals surface area contributed by atoms with E-state index >= 15 is 0 Å². The van der Waals surface area contributed by atoms with Gasteiger partial charge < -0.3 is 5.32 Å². The predicted molar refractivity (Wildman–Crippen MR) is 85.2 cm³/mol. The second-order valence-electron chi connectivity index (χ2n) is 5.24. The fourth-order valence-corrected chi connectivity index (χ4v) is 4.64. The molecule has 1 aromatic heterocycles. The van der Waals surface area contributed by atoms with Crippen LogP contribution < -0.4 is 5.32 Å². The highest BCUT2D eigenvalue weighted by Gasteiger charge is 2.28. The highest BCUT2D eigenvalue weighted by molar-refractivity contribution is 7.92. The lowest BCUT2D eigenvalue weighted by Gasteiger charge is -2.13. The van der Waals surface area contributed by atoms with Crippen LogP contribution in [0.15, 0.2) is 34.5 Å². The van der Waals surface area contributed by atoms with Crippen molar-refractivity contribution >= 4 is 31.9 Å². The molecule has 1 atom stereocenters. The summed E-state index contributed by atoms with van der Waals surface area (Å²) in [6.07, 6.45) is 2.80. The van der Waals surface area contributed by atoms with Crippen molar-refractivity contribution in [1.82, 2.24) is 0 Å². The highest BCUT2D eigenvalue weighted by atomic mass is 32.2. The third kappa shape index (κ3) is 2.71. The molecule has 3 rings (SSSR count). The molecule has 0 fully saturated rings. The van der Waals surface area contributed by atoms with Gasteiger partial charge in [-0.3, -0.25) is 10.1 Å². The number of anilines is 1. The number of benzene rings is 1. The SMILES string of the molecule is CS(=O)(=O)c1cc([N+](=O)[O-])c(NC2CCc3ccccc32)s1. The first kappa shape index (κ1) is 15.0. The van der Waals surface area contributed by atoms with Gasteiger partial charge in [0.2, 0.25) is 0 Å². The summed E-state index contributed by atoms with van der Waals surface area (Å²) >= 11 is 0.916. The first-order valence-electron chi connectivity index (χ1n) is 6.69. The molecule has 2 aromatic rings. The Bertz CT molecular complexity index is 842. The van der Waals surface area contributed by atoms with Gasteiger partial charge in [-0.1, -0.05) is 35.6 Å². The van der Waals surface area contributed by atoms with E-state index in [9.17, 15) is 18.5 Å². The number of aryl methyl sites for hydroxylation is 1. The molecule has 0 aliphatic heterocycles. The summed E-state index contributed by atoms with van der Waals surface area (Å²) in [6, 6.07) is 9.04. The van der Waals surface area contributed by atoms with Crippen LogP contribution in [0, 0.1) is 10.1 Å². The molecule has 116 valence electrons. The molecule has 1 aliphatic rings. The predicted octanol–water partition coefficient (Wildman–Crippen LogP) is 3.16. The maximum absolute atomic E-state index is 11.6. The van der Waals surface area contributed by atoms with Gasteiger partial charge in [0.25, 0.3) is 0 Å². The number of hydrogen-bond acceptors (Lipinski definition) is 6. The fraction of sp³-hybridized carbons (Fsp3) is 0.286. The second-order valence-corrected chi connectivity index (χ2v) is 8.54. The lowest BCUT2D eigenvalue weighted by Crippen LogP contribution is -2.07. The van der Waals surface area contributed by atoms with Crippen LogP contribution in [0.3, 0.4) is 0 Å². The topological polar surface area (TPSA) is 89.3 Å². The van der Waals surface area contributed by atoms with Crippen molar-refractivity contribution < 1.29 is 13.3 Å². The summed E-state index contributed by atoms with van der Waals surface area (Å²) in [5.41, 5.74) is 2.16. The molecule has 0 bridgehead atoms. The Kier molecular flexibility index (Phi) is 3.65. The lowest BCUT2D eigenvalue weighted by molar-refractivity contribution is -0.383. The number of nitrogens with one attached hydrogen (secondary N) is 1. The molecule has 0 spiro atoms. The minimum Gasteiger partial charge on any atom is -0.364 e. The highest BCUT2D eigenvalue weighted by Crippen LogP contribution is 2.41. The molecule has 1 unspecified atom stereocenters. The summed E-state index contributed by atoms with van der Waals surface area (Å²) in [4.78, 5) is 10.6. The minimum absolute atomic E-state index is 0.00739. The van der Waals surface area contributed by atoms with E-state index in [1.54, 1.807) is 0 Å². The number of thiophene rings is 1. The maximum atomic E-state index is 11.6. The summed E-state index contributed by atoms with van der Waals surface area (Å²) < 4.78 is 23.2. The van der Waals surface area contributed by atoms with Gasteiger partial charge >= 0.3 is 5.69 Å². The molecule has 1 aliphatic carbocycles. The quantitative estimate of drug-likeness (QED) is 0.683. The Morgan fingerprint density at radius 1 is 1.36 bits per heavy atom. The average Bonchev–Trinajstić information content (AvgIpc) is 3.04. The molecule has 8 heteroatoms. The molecule has 6 nitrogen and oxygen atoms in total. The average molecular weight is 338 g/mol. The van der Waals surface area contributed by atoms with Crippen LogP contribution in [0.4, 0.5) is 10.7 Å². The number of fused-ring (bicyclic) bond motifs is 1. The fourth-order valence-electron chi connectivity index (χ4n) is 2.65. The van der Waals surface area contributed by atoms with Crippen molar-refractivity contribution in [3.8, 4) is 0 Å². The Morgan fingerprint density at radius 3 is 2.77 bits per heavy atom. The summed E-state index contributed by atoms with van der Waals surface area (Å²) in [5, 5.41) is 14.6. The smallest absolute Gasteiger partial charge is 0.304 e. The normalized spacial score (nSPS) is 17.2. The van der Waals surface area contributed by atoms with Gasteiger partial charge in [0.05, 0.1) is 11.0 Å². The van der Waals surface area contributed by atoms with Crippen molar-refractivity contribution in [3.05, 3.63) is 51.6 Å². The Labute approximate surface area is 131 Å². The molecule has 1 aromatic carbocycles. The molecule has 1 heterocycles. The first-order valence-corrected chi connectivity index (χ1v) is 9.39. The Balaban J connectivity index is 1.96. The van der Waals surface area contributed by atoms with E-state index in [0.29, 0.717) is 5.00 Å². The number of sulfone groups is 1. The number of hydrogen-bond donors (Lipinski definition) is 1. The number of nitrogens with zero attached hydrogens (tertiary/aromatic N) is 1. The minimum atomic E-state index is -3.46. The monoisotopic (exact) mass is 338 g/mol. The van der Waals surface area contributed by atoms with Crippen molar-refractivity contribution in [1.29, 1.82) is 0 Å². The first-order chi connectivity index (χ1) is 10.4. The van der Waals surface area contributed by atoms with E-state index in [-0.39, 0.29) is 15.9 Å². The van der Waals surface area contributed by atoms with Gasteiger partial charge in [0.1, 0.15) is 4.21 Å². The van der Waals surface area contributed by atoms with Crippen molar-refractivity contribution in [2.45, 2.75) is 23.1 Å². The standard InChI is InChI=1S/C14H14N2O4S2/c1-22(19,20)13-8-12(16(17)18)14(21-13)15-11-7-6-9-4-2-3-5-10(9)11/h2-5,8,11,15H,6-7H2,1H3. The molecule has 0 radical (unpaired) electrons. The van der Waals surface area contributed by atoms with E-state index < -0.39 is 14.8 Å². The van der Waals surface area contributed by atoms with Crippen molar-refractivity contribution in [2.75, 3.05) is 11.6 Å². The van der Waals surface area contributed by atoms with Crippen LogP contribution in [0.25, 0.3) is 0 Å². The summed E-state index contributed by atoms with van der Waals surface area (Å²) in [7, 11) is -3.46. The third-order valence-corrected chi connectivity index (χ3v) is 6.55. The van der Waals surface area contributed by atoms with Crippen LogP contribution in [-0.4, -0.2) is 19.6 Å². The lowest BCUT2D eigenvalue weighted by atomic mass is 10.1. The largest absolute Gasteiger partial charge is 0.364 e. The van der Waals surface area contributed by atoms with Crippen LogP contribution >= 0.6 is 11.3 Å². The molecule has 22 heavy (non-hydrogen) atoms. The van der Waals surface area contributed by atoms with E-state index in [4.69, 9.17) is 0 Å². The second kappa shape index (κ2) is 5.36. The maximum Gasteiger partial charge on any atom is 0.304 e. The van der Waals surface area contributed by atoms with Gasteiger partial charge in [0.15, 0.2) is 14.8 Å². The number of nitro groups is 1. The van der Waals surface area contributed by atoms with Crippen LogP contribution in [0.5, 0.6) is 0 Å². The van der Waals surface area contributed by atoms with E-state index in [0.717, 1.165) is 42.1 Å². The molecule has 0 saturated carbocycles. The molecular formula is C14H14N2O4S2. The molecule has 0 amide bonds. The number of rotatable bonds is 4. The Morgan fingerprint density at radius 2 is 2.09 bits per heavy atom. The Hall–Kier alpha value is -1.93. The summed E-state index contributed by atoms with van der Waals surface area (Å²) in [5.74, 6) is 0. The van der Waals surface area contributed by atoms with Gasteiger partial charge in [-0.05, 0) is 24.0 Å². The summed E-state index contributed by atoms with van der Waals surface area (Å²) in [6.45, 7) is 0. The zero-order chi connectivity index (χ0) is 15.9. The van der Waals surface area contributed by atoms with Crippen LogP contribution in [0.1, 0.15) is 23.6 Å². The van der Waals surface area contributed by atoms with Crippen molar-refractivity contribution in [3.63, 3.8) is 0 Å². The van der Waals surface area contributed by atoms with Gasteiger partial charge in [0, 0.05) is 12.3 Å². The van der Waals surface area contributed by atoms with Crippen molar-refractivity contribution in [2.24, 2.45) is 0 Å². The van der Waals surface area contributed by atoms with Crippen LogP contribution in [-0.2, 0) is 16.3 Å². The van der Waals surface area contributed by atoms with E-state index in [1.165, 1.54) is 5.56 Å². The molecule has 0 saturated heterocycles. The van der Waals surface area contributed by atoms with E-state index in [2.05, 4.69) is 5.32 Å². The van der Waals surface area contributed by atoms with Crippen LogP contribution in [0.2, 0.25) is 0 Å². The van der Waals surface area contributed by atoms with Gasteiger partial charge in [-0.25, -0.2) is 8.42 Å². The molecular weight excluding hydrogens is 324 g/mol. The van der Waals surface area contributed by atoms with Gasteiger partial charge in [-0.15, -0.1) is 0 Å².